The van der Waals surface area contributed by atoms with Crippen molar-refractivity contribution in [1.29, 1.82) is 0 Å². The van der Waals surface area contributed by atoms with Crippen molar-refractivity contribution >= 4 is 55.6 Å². The van der Waals surface area contributed by atoms with Crippen LogP contribution in [0.3, 0.4) is 0 Å². The van der Waals surface area contributed by atoms with Crippen LogP contribution in [0.2, 0.25) is 0 Å². The number of halogens is 2. The number of aliphatic carboxylic acids is 1. The third-order valence-electron chi connectivity index (χ3n) is 4.25. The Morgan fingerprint density at radius 2 is 1.52 bits per heavy atom. The summed E-state index contributed by atoms with van der Waals surface area (Å²) < 4.78 is 5.34. The Morgan fingerprint density at radius 1 is 0.960 bits per heavy atom. The zero-order valence-electron chi connectivity index (χ0n) is 13.1. The molecule has 25 heavy (non-hydrogen) atoms. The number of aliphatic hydroxyl groups is 1. The molecule has 0 spiro atoms. The van der Waals surface area contributed by atoms with Crippen molar-refractivity contribution in [3.63, 3.8) is 0 Å². The number of esters is 1. The molecule has 4 atom stereocenters. The van der Waals surface area contributed by atoms with Gasteiger partial charge >= 0.3 is 11.9 Å². The van der Waals surface area contributed by atoms with Crippen LogP contribution >= 0.6 is 31.9 Å². The number of β-amino-alcohol motifs (C(OH)–C–C–N with tert-alkyl or cyclic N) is 1. The number of amides is 2. The number of carbonyl (C=O) groups excluding carboxylic acids is 3. The topological polar surface area (TPSA) is 124 Å². The Balaban J connectivity index is 2.04. The first kappa shape index (κ1) is 20.1. The Morgan fingerprint density at radius 3 is 2.04 bits per heavy atom. The van der Waals surface area contributed by atoms with E-state index in [4.69, 9.17) is 4.74 Å². The van der Waals surface area contributed by atoms with Crippen LogP contribution in [0, 0.1) is 0 Å². The van der Waals surface area contributed by atoms with Gasteiger partial charge in [0.15, 0.2) is 0 Å². The van der Waals surface area contributed by atoms with Gasteiger partial charge in [0.25, 0.3) is 0 Å². The molecule has 0 saturated carbocycles. The number of aliphatic hydroxyl groups excluding tert-OH is 1. The summed E-state index contributed by atoms with van der Waals surface area (Å²) in [6, 6.07) is -1.97. The van der Waals surface area contributed by atoms with Gasteiger partial charge in [0.2, 0.25) is 11.8 Å². The van der Waals surface area contributed by atoms with E-state index in [0.29, 0.717) is 0 Å². The molecule has 0 radical (unpaired) electrons. The lowest BCUT2D eigenvalue weighted by Gasteiger charge is -2.23. The molecule has 2 saturated heterocycles. The number of ether oxygens (including phenoxy) is 1. The lowest BCUT2D eigenvalue weighted by atomic mass is 10.2. The van der Waals surface area contributed by atoms with Gasteiger partial charge in [-0.2, -0.15) is 0 Å². The van der Waals surface area contributed by atoms with E-state index >= 15 is 0 Å². The largest absolute Gasteiger partial charge is 0.480 e. The zero-order valence-corrected chi connectivity index (χ0v) is 16.3. The van der Waals surface area contributed by atoms with Gasteiger partial charge in [-0.3, -0.25) is 9.59 Å². The van der Waals surface area contributed by atoms with Crippen LogP contribution in [0.25, 0.3) is 0 Å². The lowest BCUT2D eigenvalue weighted by molar-refractivity contribution is -0.157. The first-order valence-electron chi connectivity index (χ1n) is 7.60. The van der Waals surface area contributed by atoms with E-state index in [0.717, 1.165) is 4.90 Å². The third kappa shape index (κ3) is 4.50. The van der Waals surface area contributed by atoms with Crippen LogP contribution in [0.15, 0.2) is 0 Å². The minimum absolute atomic E-state index is 0.0124. The summed E-state index contributed by atoms with van der Waals surface area (Å²) in [5.41, 5.74) is 0. The second-order valence-corrected chi connectivity index (χ2v) is 7.03. The number of likely N-dealkylation sites (tertiary alicyclic amines) is 2. The monoisotopic (exact) mass is 484 g/mol. The van der Waals surface area contributed by atoms with Crippen LogP contribution in [0.4, 0.5) is 0 Å². The van der Waals surface area contributed by atoms with Crippen molar-refractivity contribution in [3.05, 3.63) is 0 Å². The van der Waals surface area contributed by atoms with Crippen molar-refractivity contribution in [1.82, 2.24) is 9.80 Å². The van der Waals surface area contributed by atoms with Crippen LogP contribution in [-0.4, -0.2) is 91.8 Å². The standard InChI is InChI=1S/C14H18Br2N2O7/c15-3-11(20)17-5-7(19)1-10(17)14(24)25-8-2-9(13(22)23)18(6-8)12(21)4-16/h7-10,19H,1-6H2,(H,22,23)/t7-,8-,9-,10-/m0/s1. The molecule has 140 valence electrons. The first-order chi connectivity index (χ1) is 11.8. The van der Waals surface area contributed by atoms with Crippen LogP contribution in [0.5, 0.6) is 0 Å². The second kappa shape index (κ2) is 8.45. The second-order valence-electron chi connectivity index (χ2n) is 5.91. The van der Waals surface area contributed by atoms with Gasteiger partial charge in [0, 0.05) is 19.4 Å². The van der Waals surface area contributed by atoms with E-state index < -0.39 is 42.1 Å². The smallest absolute Gasteiger partial charge is 0.329 e. The average Bonchev–Trinajstić information content (AvgIpc) is 3.17. The summed E-state index contributed by atoms with van der Waals surface area (Å²) in [4.78, 5) is 49.8. The van der Waals surface area contributed by atoms with E-state index in [1.807, 2.05) is 0 Å². The molecule has 0 bridgehead atoms. The van der Waals surface area contributed by atoms with E-state index in [1.54, 1.807) is 0 Å². The highest BCUT2D eigenvalue weighted by atomic mass is 79.9. The van der Waals surface area contributed by atoms with E-state index in [1.165, 1.54) is 4.90 Å². The minimum Gasteiger partial charge on any atom is -0.480 e. The normalized spacial score (nSPS) is 28.9. The summed E-state index contributed by atoms with van der Waals surface area (Å²) in [6.45, 7) is 0.0234. The Kier molecular flexibility index (Phi) is 6.80. The zero-order chi connectivity index (χ0) is 18.7. The fraction of sp³-hybridized carbons (Fsp3) is 0.714. The molecule has 11 heteroatoms. The minimum atomic E-state index is -1.17. The molecule has 9 nitrogen and oxygen atoms in total. The SMILES string of the molecule is O=C(O)[C@@H]1C[C@H](OC(=O)[C@@H]2C[C@H](O)CN2C(=O)CBr)CN1C(=O)CBr. The maximum atomic E-state index is 12.4. The molecule has 0 unspecified atom stereocenters. The Bertz CT molecular complexity index is 573. The number of hydrogen-bond donors (Lipinski definition) is 2. The summed E-state index contributed by atoms with van der Waals surface area (Å²) in [5, 5.41) is 19.0. The van der Waals surface area contributed by atoms with Gasteiger partial charge in [0.05, 0.1) is 23.3 Å². The molecule has 2 amide bonds. The Hall–Kier alpha value is -1.20. The predicted molar refractivity (Wildman–Crippen MR) is 91.3 cm³/mol. The van der Waals surface area contributed by atoms with Crippen molar-refractivity contribution in [2.75, 3.05) is 23.7 Å². The summed E-state index contributed by atoms with van der Waals surface area (Å²) >= 11 is 6.02. The fourth-order valence-corrected chi connectivity index (χ4v) is 3.75. The number of nitrogens with zero attached hydrogens (tertiary/aromatic N) is 2. The summed E-state index contributed by atoms with van der Waals surface area (Å²) in [5.74, 6) is -2.61. The Labute approximate surface area is 160 Å². The maximum Gasteiger partial charge on any atom is 0.329 e. The van der Waals surface area contributed by atoms with Gasteiger partial charge in [-0.25, -0.2) is 9.59 Å². The van der Waals surface area contributed by atoms with Gasteiger partial charge in [-0.1, -0.05) is 31.9 Å². The average molecular weight is 486 g/mol. The first-order valence-corrected chi connectivity index (χ1v) is 9.85. The molecule has 2 rings (SSSR count). The summed E-state index contributed by atoms with van der Waals surface area (Å²) in [7, 11) is 0. The highest BCUT2D eigenvalue weighted by Crippen LogP contribution is 2.25. The molecule has 0 aliphatic carbocycles. The number of alkyl halides is 2. The van der Waals surface area contributed by atoms with E-state index in [9.17, 15) is 29.4 Å². The molecule has 0 aromatic heterocycles. The number of carboxylic acids is 1. The maximum absolute atomic E-state index is 12.4. The molecular weight excluding hydrogens is 468 g/mol. The fourth-order valence-electron chi connectivity index (χ4n) is 3.10. The van der Waals surface area contributed by atoms with Crippen LogP contribution in [0.1, 0.15) is 12.8 Å². The van der Waals surface area contributed by atoms with Crippen LogP contribution < -0.4 is 0 Å². The van der Waals surface area contributed by atoms with Gasteiger partial charge in [-0.15, -0.1) is 0 Å². The predicted octanol–water partition coefficient (Wildman–Crippen LogP) is -0.665. The van der Waals surface area contributed by atoms with Gasteiger partial charge in [0.1, 0.15) is 18.2 Å². The molecule has 2 heterocycles. The quantitative estimate of drug-likeness (QED) is 0.391. The number of rotatable bonds is 5. The van der Waals surface area contributed by atoms with Crippen molar-refractivity contribution in [2.24, 2.45) is 0 Å². The van der Waals surface area contributed by atoms with Crippen molar-refractivity contribution < 1.29 is 34.1 Å². The molecule has 2 aliphatic heterocycles. The molecule has 0 aromatic rings. The van der Waals surface area contributed by atoms with Crippen molar-refractivity contribution in [3.8, 4) is 0 Å². The highest BCUT2D eigenvalue weighted by molar-refractivity contribution is 9.09. The van der Waals surface area contributed by atoms with Gasteiger partial charge < -0.3 is 24.7 Å². The lowest BCUT2D eigenvalue weighted by Crippen LogP contribution is -2.43. The highest BCUT2D eigenvalue weighted by Gasteiger charge is 2.44. The summed E-state index contributed by atoms with van der Waals surface area (Å²) in [6.07, 6.45) is -1.53. The number of hydrogen-bond acceptors (Lipinski definition) is 6. The molecule has 2 N–H and O–H groups in total. The molecular formula is C14H18Br2N2O7. The van der Waals surface area contributed by atoms with Gasteiger partial charge in [-0.05, 0) is 0 Å². The van der Waals surface area contributed by atoms with Crippen molar-refractivity contribution in [2.45, 2.75) is 37.1 Å². The molecule has 2 aliphatic rings. The number of carboxylic acid groups (broad SMARTS) is 1. The molecule has 0 aromatic carbocycles. The van der Waals surface area contributed by atoms with E-state index in [2.05, 4.69) is 31.9 Å². The number of carbonyl (C=O) groups is 4. The van der Waals surface area contributed by atoms with E-state index in [-0.39, 0.29) is 42.5 Å². The molecule has 2 fully saturated rings. The third-order valence-corrected chi connectivity index (χ3v) is 5.21. The van der Waals surface area contributed by atoms with Crippen LogP contribution in [-0.2, 0) is 23.9 Å².